The minimum atomic E-state index is -0.367. The molecule has 0 saturated heterocycles. The van der Waals surface area contributed by atoms with Gasteiger partial charge in [-0.25, -0.2) is 4.39 Å². The second-order valence-electron chi connectivity index (χ2n) is 5.03. The molecule has 1 atom stereocenters. The minimum absolute atomic E-state index is 0.208. The van der Waals surface area contributed by atoms with Gasteiger partial charge in [0.05, 0.1) is 7.11 Å². The number of benzene rings is 1. The monoisotopic (exact) mass is 277 g/mol. The lowest BCUT2D eigenvalue weighted by Crippen LogP contribution is -2.15. The Kier molecular flexibility index (Phi) is 4.14. The van der Waals surface area contributed by atoms with Gasteiger partial charge in [-0.05, 0) is 50.5 Å². The molecular weight excluding hydrogens is 257 g/mol. The van der Waals surface area contributed by atoms with E-state index in [1.165, 1.54) is 13.2 Å². The summed E-state index contributed by atoms with van der Waals surface area (Å²) in [5.41, 5.74) is 9.18. The van der Waals surface area contributed by atoms with Crippen LogP contribution in [0.15, 0.2) is 22.6 Å². The Morgan fingerprint density at radius 1 is 1.25 bits per heavy atom. The molecule has 0 bridgehead atoms. The van der Waals surface area contributed by atoms with Gasteiger partial charge in [-0.1, -0.05) is 6.07 Å². The number of methoxy groups -OCH3 is 1. The summed E-state index contributed by atoms with van der Waals surface area (Å²) in [5, 5.41) is 0. The molecule has 4 heteroatoms. The summed E-state index contributed by atoms with van der Waals surface area (Å²) in [6.45, 7) is 5.82. The number of hydrogen-bond donors (Lipinski definition) is 1. The molecule has 0 aliphatic rings. The van der Waals surface area contributed by atoms with Crippen LogP contribution in [0.2, 0.25) is 0 Å². The zero-order valence-electron chi connectivity index (χ0n) is 12.3. The number of ether oxygens (including phenoxy) is 1. The summed E-state index contributed by atoms with van der Waals surface area (Å²) in [6.07, 6.45) is 0.557. The Labute approximate surface area is 118 Å². The fourth-order valence-corrected chi connectivity index (χ4v) is 2.55. The molecule has 0 aliphatic heterocycles. The Morgan fingerprint density at radius 2 is 1.95 bits per heavy atom. The van der Waals surface area contributed by atoms with Gasteiger partial charge in [0, 0.05) is 11.6 Å². The maximum atomic E-state index is 13.7. The molecule has 2 rings (SSSR count). The molecule has 20 heavy (non-hydrogen) atoms. The van der Waals surface area contributed by atoms with Crippen molar-refractivity contribution in [1.29, 1.82) is 0 Å². The third kappa shape index (κ3) is 2.70. The number of furan rings is 1. The zero-order chi connectivity index (χ0) is 14.9. The number of rotatable bonds is 4. The Balaban J connectivity index is 2.23. The molecule has 0 radical (unpaired) electrons. The van der Waals surface area contributed by atoms with Gasteiger partial charge in [-0.3, -0.25) is 0 Å². The summed E-state index contributed by atoms with van der Waals surface area (Å²) in [7, 11) is 1.45. The summed E-state index contributed by atoms with van der Waals surface area (Å²) in [4.78, 5) is 0. The van der Waals surface area contributed by atoms with E-state index in [-0.39, 0.29) is 17.6 Å². The molecule has 3 nitrogen and oxygen atoms in total. The first kappa shape index (κ1) is 14.6. The second kappa shape index (κ2) is 5.67. The van der Waals surface area contributed by atoms with Crippen molar-refractivity contribution >= 4 is 0 Å². The fraction of sp³-hybridized carbons (Fsp3) is 0.375. The minimum Gasteiger partial charge on any atom is -0.494 e. The third-order valence-corrected chi connectivity index (χ3v) is 3.66. The number of nitrogens with two attached hydrogens (primary N) is 1. The van der Waals surface area contributed by atoms with Crippen molar-refractivity contribution in [2.45, 2.75) is 33.2 Å². The molecule has 0 fully saturated rings. The van der Waals surface area contributed by atoms with Gasteiger partial charge in [-0.2, -0.15) is 0 Å². The first-order valence-electron chi connectivity index (χ1n) is 6.58. The summed E-state index contributed by atoms with van der Waals surface area (Å²) >= 11 is 0. The van der Waals surface area contributed by atoms with Crippen molar-refractivity contribution < 1.29 is 13.5 Å². The highest BCUT2D eigenvalue weighted by Crippen LogP contribution is 2.28. The molecule has 0 spiro atoms. The van der Waals surface area contributed by atoms with Crippen LogP contribution in [0.25, 0.3) is 0 Å². The van der Waals surface area contributed by atoms with E-state index in [1.54, 1.807) is 6.07 Å². The lowest BCUT2D eigenvalue weighted by Gasteiger charge is -2.13. The van der Waals surface area contributed by atoms with E-state index in [0.717, 1.165) is 28.2 Å². The topological polar surface area (TPSA) is 48.4 Å². The number of hydrogen-bond acceptors (Lipinski definition) is 3. The summed E-state index contributed by atoms with van der Waals surface area (Å²) < 4.78 is 24.2. The zero-order valence-corrected chi connectivity index (χ0v) is 12.3. The van der Waals surface area contributed by atoms with Crippen LogP contribution < -0.4 is 10.5 Å². The van der Waals surface area contributed by atoms with Crippen LogP contribution in [-0.2, 0) is 6.42 Å². The molecule has 1 aromatic carbocycles. The van der Waals surface area contributed by atoms with Gasteiger partial charge in [0.15, 0.2) is 11.6 Å². The SMILES string of the molecule is COc1ccc(CC(N)c2c(C)oc(C)c2C)cc1F. The highest BCUT2D eigenvalue weighted by atomic mass is 19.1. The van der Waals surface area contributed by atoms with E-state index >= 15 is 0 Å². The molecule has 0 amide bonds. The molecule has 1 heterocycles. The van der Waals surface area contributed by atoms with E-state index in [0.29, 0.717) is 6.42 Å². The number of aryl methyl sites for hydroxylation is 2. The molecule has 1 aromatic heterocycles. The maximum absolute atomic E-state index is 13.7. The Bertz CT molecular complexity index is 619. The molecular formula is C16H20FNO2. The standard InChI is InChI=1S/C16H20FNO2/c1-9-10(2)20-11(3)16(9)14(18)8-12-5-6-15(19-4)13(17)7-12/h5-7,14H,8,18H2,1-4H3. The Morgan fingerprint density at radius 3 is 2.45 bits per heavy atom. The Hall–Kier alpha value is -1.81. The van der Waals surface area contributed by atoms with Crippen LogP contribution in [0.4, 0.5) is 4.39 Å². The fourth-order valence-electron chi connectivity index (χ4n) is 2.55. The smallest absolute Gasteiger partial charge is 0.165 e. The number of halogens is 1. The van der Waals surface area contributed by atoms with Crippen molar-refractivity contribution in [2.24, 2.45) is 5.73 Å². The molecule has 0 saturated carbocycles. The molecule has 2 aromatic rings. The van der Waals surface area contributed by atoms with Crippen LogP contribution in [0.3, 0.4) is 0 Å². The van der Waals surface area contributed by atoms with Gasteiger partial charge < -0.3 is 14.9 Å². The average Bonchev–Trinajstić information content (AvgIpc) is 2.63. The van der Waals surface area contributed by atoms with E-state index in [2.05, 4.69) is 0 Å². The molecule has 1 unspecified atom stereocenters. The largest absolute Gasteiger partial charge is 0.494 e. The van der Waals surface area contributed by atoms with Crippen molar-refractivity contribution in [3.05, 3.63) is 52.2 Å². The van der Waals surface area contributed by atoms with Gasteiger partial charge in [0.1, 0.15) is 11.5 Å². The summed E-state index contributed by atoms with van der Waals surface area (Å²) in [6, 6.07) is 4.72. The van der Waals surface area contributed by atoms with E-state index in [4.69, 9.17) is 14.9 Å². The van der Waals surface area contributed by atoms with Gasteiger partial charge in [0.2, 0.25) is 0 Å². The highest BCUT2D eigenvalue weighted by Gasteiger charge is 2.18. The predicted octanol–water partition coefficient (Wildman–Crippen LogP) is 3.60. The lowest BCUT2D eigenvalue weighted by molar-refractivity contribution is 0.386. The lowest BCUT2D eigenvalue weighted by atomic mass is 9.96. The summed E-state index contributed by atoms with van der Waals surface area (Å²) in [5.74, 6) is 1.60. The van der Waals surface area contributed by atoms with Gasteiger partial charge in [0.25, 0.3) is 0 Å². The quantitative estimate of drug-likeness (QED) is 0.929. The van der Waals surface area contributed by atoms with Crippen LogP contribution in [0.5, 0.6) is 5.75 Å². The molecule has 0 aliphatic carbocycles. The normalized spacial score (nSPS) is 12.5. The van der Waals surface area contributed by atoms with Crippen LogP contribution in [-0.4, -0.2) is 7.11 Å². The van der Waals surface area contributed by atoms with Crippen LogP contribution in [0, 0.1) is 26.6 Å². The van der Waals surface area contributed by atoms with Gasteiger partial charge in [-0.15, -0.1) is 0 Å². The molecule has 108 valence electrons. The van der Waals surface area contributed by atoms with Crippen LogP contribution >= 0.6 is 0 Å². The van der Waals surface area contributed by atoms with Crippen molar-refractivity contribution in [3.8, 4) is 5.75 Å². The van der Waals surface area contributed by atoms with E-state index in [1.807, 2.05) is 26.8 Å². The highest BCUT2D eigenvalue weighted by molar-refractivity contribution is 5.36. The van der Waals surface area contributed by atoms with E-state index < -0.39 is 0 Å². The first-order valence-corrected chi connectivity index (χ1v) is 6.58. The third-order valence-electron chi connectivity index (χ3n) is 3.66. The second-order valence-corrected chi connectivity index (χ2v) is 5.03. The molecule has 2 N–H and O–H groups in total. The van der Waals surface area contributed by atoms with Crippen LogP contribution in [0.1, 0.15) is 34.3 Å². The van der Waals surface area contributed by atoms with Crippen molar-refractivity contribution in [2.75, 3.05) is 7.11 Å². The first-order chi connectivity index (χ1) is 9.43. The van der Waals surface area contributed by atoms with Crippen molar-refractivity contribution in [1.82, 2.24) is 0 Å². The van der Waals surface area contributed by atoms with Crippen molar-refractivity contribution in [3.63, 3.8) is 0 Å². The predicted molar refractivity (Wildman–Crippen MR) is 76.5 cm³/mol. The van der Waals surface area contributed by atoms with Gasteiger partial charge >= 0.3 is 0 Å². The maximum Gasteiger partial charge on any atom is 0.165 e. The average molecular weight is 277 g/mol. The van der Waals surface area contributed by atoms with E-state index in [9.17, 15) is 4.39 Å².